The molecule has 8 nitrogen and oxygen atoms in total. The first-order valence-corrected chi connectivity index (χ1v) is 11.2. The average molecular weight is 424 g/mol. The summed E-state index contributed by atoms with van der Waals surface area (Å²) in [5.74, 6) is 0.513. The molecular formula is C23H29N5O3. The number of hydrogen-bond acceptors (Lipinski definition) is 7. The first-order valence-electron chi connectivity index (χ1n) is 11.2. The van der Waals surface area contributed by atoms with Gasteiger partial charge in [0.05, 0.1) is 30.8 Å². The van der Waals surface area contributed by atoms with E-state index in [0.29, 0.717) is 24.3 Å². The van der Waals surface area contributed by atoms with E-state index in [9.17, 15) is 4.79 Å². The Bertz CT molecular complexity index is 1070. The van der Waals surface area contributed by atoms with Crippen molar-refractivity contribution in [2.24, 2.45) is 0 Å². The Labute approximate surface area is 181 Å². The van der Waals surface area contributed by atoms with Crippen LogP contribution in [0.25, 0.3) is 21.9 Å². The third kappa shape index (κ3) is 4.09. The van der Waals surface area contributed by atoms with Crippen molar-refractivity contribution in [3.63, 3.8) is 0 Å². The van der Waals surface area contributed by atoms with Crippen molar-refractivity contribution >= 4 is 33.7 Å². The Morgan fingerprint density at radius 2 is 2.03 bits per heavy atom. The molecule has 2 fully saturated rings. The van der Waals surface area contributed by atoms with Crippen LogP contribution in [0.2, 0.25) is 0 Å². The summed E-state index contributed by atoms with van der Waals surface area (Å²) in [6, 6.07) is 6.60. The van der Waals surface area contributed by atoms with Crippen LogP contribution in [0.15, 0.2) is 24.5 Å². The van der Waals surface area contributed by atoms with Crippen molar-refractivity contribution in [1.29, 1.82) is 0 Å². The monoisotopic (exact) mass is 423 g/mol. The van der Waals surface area contributed by atoms with Crippen LogP contribution in [0.4, 0.5) is 5.82 Å². The summed E-state index contributed by atoms with van der Waals surface area (Å²) in [6.45, 7) is 5.97. The lowest BCUT2D eigenvalue weighted by molar-refractivity contribution is 0.00791. The van der Waals surface area contributed by atoms with E-state index in [1.165, 1.54) is 12.8 Å². The van der Waals surface area contributed by atoms with Crippen LogP contribution in [0.1, 0.15) is 43.0 Å². The van der Waals surface area contributed by atoms with Gasteiger partial charge in [0.1, 0.15) is 17.8 Å². The summed E-state index contributed by atoms with van der Waals surface area (Å²) in [5, 5.41) is 5.53. The highest BCUT2D eigenvalue weighted by Gasteiger charge is 2.27. The van der Waals surface area contributed by atoms with E-state index in [1.807, 2.05) is 19.1 Å². The zero-order valence-corrected chi connectivity index (χ0v) is 17.9. The van der Waals surface area contributed by atoms with Gasteiger partial charge >= 0.3 is 5.97 Å². The second-order valence-electron chi connectivity index (χ2n) is 8.35. The number of hydrogen-bond donors (Lipinski definition) is 2. The highest BCUT2D eigenvalue weighted by atomic mass is 16.5. The molecule has 2 N–H and O–H groups in total. The van der Waals surface area contributed by atoms with Gasteiger partial charge in [-0.15, -0.1) is 0 Å². The van der Waals surface area contributed by atoms with E-state index in [4.69, 9.17) is 9.47 Å². The molecule has 31 heavy (non-hydrogen) atoms. The number of anilines is 1. The number of aromatic nitrogens is 3. The minimum Gasteiger partial charge on any atom is -0.462 e. The summed E-state index contributed by atoms with van der Waals surface area (Å²) in [7, 11) is 0. The van der Waals surface area contributed by atoms with Gasteiger partial charge in [-0.25, -0.2) is 14.8 Å². The van der Waals surface area contributed by atoms with E-state index in [-0.39, 0.29) is 5.97 Å². The van der Waals surface area contributed by atoms with E-state index < -0.39 is 0 Å². The van der Waals surface area contributed by atoms with E-state index in [1.54, 1.807) is 12.4 Å². The number of rotatable bonds is 5. The molecule has 1 saturated heterocycles. The van der Waals surface area contributed by atoms with E-state index in [2.05, 4.69) is 25.2 Å². The Morgan fingerprint density at radius 3 is 2.81 bits per heavy atom. The van der Waals surface area contributed by atoms with Crippen molar-refractivity contribution in [2.75, 3.05) is 38.2 Å². The highest BCUT2D eigenvalue weighted by molar-refractivity contribution is 6.12. The number of morpholine rings is 1. The number of benzene rings is 1. The molecule has 1 aliphatic carbocycles. The molecule has 2 aliphatic rings. The number of esters is 1. The number of carbonyl (C=O) groups excluding carboxylic acids is 1. The van der Waals surface area contributed by atoms with Gasteiger partial charge in [-0.1, -0.05) is 0 Å². The normalized spacial score (nSPS) is 22.6. The van der Waals surface area contributed by atoms with Crippen molar-refractivity contribution in [1.82, 2.24) is 19.9 Å². The molecule has 0 amide bonds. The minimum atomic E-state index is -0.313. The maximum atomic E-state index is 12.2. The topological polar surface area (TPSA) is 92.4 Å². The maximum absolute atomic E-state index is 12.2. The number of carbonyl (C=O) groups is 1. The molecule has 0 spiro atoms. The second kappa shape index (κ2) is 8.80. The van der Waals surface area contributed by atoms with Crippen molar-refractivity contribution < 1.29 is 14.3 Å². The molecule has 0 radical (unpaired) electrons. The van der Waals surface area contributed by atoms with Crippen LogP contribution in [0, 0.1) is 0 Å². The number of fused-ring (bicyclic) bond motifs is 3. The molecule has 0 bridgehead atoms. The quantitative estimate of drug-likeness (QED) is 0.608. The molecule has 0 atom stereocenters. The summed E-state index contributed by atoms with van der Waals surface area (Å²) in [4.78, 5) is 27.1. The predicted molar refractivity (Wildman–Crippen MR) is 119 cm³/mol. The Kier molecular flexibility index (Phi) is 5.74. The smallest absolute Gasteiger partial charge is 0.338 e. The maximum Gasteiger partial charge on any atom is 0.338 e. The SMILES string of the molecule is CCOC(=O)c1ccc2[nH]c3ncnc(N[C@H]4CC[C@H](N5CCOCC5)CC4)c3c2c1. The van der Waals surface area contributed by atoms with Crippen LogP contribution in [-0.2, 0) is 9.47 Å². The van der Waals surface area contributed by atoms with Gasteiger partial charge in [0.15, 0.2) is 0 Å². The molecule has 0 unspecified atom stereocenters. The van der Waals surface area contributed by atoms with Gasteiger partial charge < -0.3 is 19.8 Å². The minimum absolute atomic E-state index is 0.313. The molecule has 1 aromatic carbocycles. The Balaban J connectivity index is 1.36. The van der Waals surface area contributed by atoms with Crippen LogP contribution in [0.3, 0.4) is 0 Å². The second-order valence-corrected chi connectivity index (χ2v) is 8.35. The van der Waals surface area contributed by atoms with Crippen molar-refractivity contribution in [2.45, 2.75) is 44.7 Å². The summed E-state index contributed by atoms with van der Waals surface area (Å²) in [6.07, 6.45) is 6.19. The predicted octanol–water partition coefficient (Wildman–Crippen LogP) is 3.34. The first kappa shape index (κ1) is 20.2. The third-order valence-electron chi connectivity index (χ3n) is 6.50. The molecule has 3 heterocycles. The number of aromatic amines is 1. The van der Waals surface area contributed by atoms with E-state index in [0.717, 1.165) is 66.9 Å². The fraction of sp³-hybridized carbons (Fsp3) is 0.522. The van der Waals surface area contributed by atoms with Crippen LogP contribution in [0.5, 0.6) is 0 Å². The fourth-order valence-corrected chi connectivity index (χ4v) is 4.90. The molecule has 2 aromatic heterocycles. The molecular weight excluding hydrogens is 394 g/mol. The van der Waals surface area contributed by atoms with Gasteiger partial charge in [-0.05, 0) is 50.8 Å². The van der Waals surface area contributed by atoms with Gasteiger partial charge in [0, 0.05) is 36.1 Å². The molecule has 1 saturated carbocycles. The first-order chi connectivity index (χ1) is 15.2. The standard InChI is InChI=1S/C23H29N5O3/c1-2-31-23(29)15-3-8-19-18(13-15)20-21(24-14-25-22(20)27-19)26-16-4-6-17(7-5-16)28-9-11-30-12-10-28/h3,8,13-14,16-17H,2,4-7,9-12H2,1H3,(H2,24,25,26,27)/t16-,17-. The Morgan fingerprint density at radius 1 is 1.23 bits per heavy atom. The van der Waals surface area contributed by atoms with Crippen LogP contribution in [-0.4, -0.2) is 70.8 Å². The average Bonchev–Trinajstić information content (AvgIpc) is 3.19. The number of nitrogens with one attached hydrogen (secondary N) is 2. The lowest BCUT2D eigenvalue weighted by Gasteiger charge is -2.39. The molecule has 1 aliphatic heterocycles. The van der Waals surface area contributed by atoms with Crippen LogP contribution >= 0.6 is 0 Å². The zero-order chi connectivity index (χ0) is 21.2. The van der Waals surface area contributed by atoms with Gasteiger partial charge in [0.2, 0.25) is 0 Å². The van der Waals surface area contributed by atoms with Crippen molar-refractivity contribution in [3.05, 3.63) is 30.1 Å². The van der Waals surface area contributed by atoms with Gasteiger partial charge in [0.25, 0.3) is 0 Å². The summed E-state index contributed by atoms with van der Waals surface area (Å²) >= 11 is 0. The lowest BCUT2D eigenvalue weighted by atomic mass is 9.90. The molecule has 3 aromatic rings. The summed E-state index contributed by atoms with van der Waals surface area (Å²) < 4.78 is 10.7. The van der Waals surface area contributed by atoms with Crippen molar-refractivity contribution in [3.8, 4) is 0 Å². The number of ether oxygens (including phenoxy) is 2. The largest absolute Gasteiger partial charge is 0.462 e. The number of H-pyrrole nitrogens is 1. The fourth-order valence-electron chi connectivity index (χ4n) is 4.90. The summed E-state index contributed by atoms with van der Waals surface area (Å²) in [5.41, 5.74) is 2.24. The lowest BCUT2D eigenvalue weighted by Crippen LogP contribution is -2.46. The third-order valence-corrected chi connectivity index (χ3v) is 6.50. The number of nitrogens with zero attached hydrogens (tertiary/aromatic N) is 3. The zero-order valence-electron chi connectivity index (χ0n) is 17.9. The molecule has 5 rings (SSSR count). The van der Waals surface area contributed by atoms with Gasteiger partial charge in [-0.3, -0.25) is 4.90 Å². The molecule has 164 valence electrons. The van der Waals surface area contributed by atoms with Crippen LogP contribution < -0.4 is 5.32 Å². The Hall–Kier alpha value is -2.71. The molecule has 8 heteroatoms. The van der Waals surface area contributed by atoms with E-state index >= 15 is 0 Å². The van der Waals surface area contributed by atoms with Gasteiger partial charge in [-0.2, -0.15) is 0 Å². The highest BCUT2D eigenvalue weighted by Crippen LogP contribution is 2.32.